The Balaban J connectivity index is 2.91. The molecule has 0 fully saturated rings. The van der Waals surface area contributed by atoms with Gasteiger partial charge in [-0.05, 0) is 28.7 Å². The molecule has 2 N–H and O–H groups in total. The third-order valence-electron chi connectivity index (χ3n) is 1.77. The molecular weight excluding hydrogens is 263 g/mol. The highest BCUT2D eigenvalue weighted by Crippen LogP contribution is 2.23. The van der Waals surface area contributed by atoms with Gasteiger partial charge < -0.3 is 5.73 Å². The molecule has 2 rings (SSSR count). The average Bonchev–Trinajstić information content (AvgIpc) is 2.12. The number of rotatable bonds is 0. The highest BCUT2D eigenvalue weighted by molar-refractivity contribution is 14.1. The quantitative estimate of drug-likeness (QED) is 0.747. The first-order valence-corrected chi connectivity index (χ1v) is 4.65. The standard InChI is InChI=1S/C9H7IN2/c10-7-5-12-8-4-2-1-3-6(8)9(7)11/h1-5H,(H2,11,12). The van der Waals surface area contributed by atoms with Gasteiger partial charge in [0.15, 0.2) is 0 Å². The molecule has 0 radical (unpaired) electrons. The molecule has 12 heavy (non-hydrogen) atoms. The molecule has 1 aromatic carbocycles. The molecule has 1 heterocycles. The van der Waals surface area contributed by atoms with Crippen LogP contribution < -0.4 is 5.73 Å². The minimum Gasteiger partial charge on any atom is -0.397 e. The first-order valence-electron chi connectivity index (χ1n) is 3.58. The molecule has 0 saturated heterocycles. The lowest BCUT2D eigenvalue weighted by Gasteiger charge is -2.01. The summed E-state index contributed by atoms with van der Waals surface area (Å²) in [5, 5.41) is 1.03. The zero-order chi connectivity index (χ0) is 8.55. The van der Waals surface area contributed by atoms with Gasteiger partial charge in [-0.25, -0.2) is 0 Å². The van der Waals surface area contributed by atoms with Crippen molar-refractivity contribution in [1.82, 2.24) is 4.98 Å². The molecule has 1 aromatic heterocycles. The van der Waals surface area contributed by atoms with Gasteiger partial charge in [-0.1, -0.05) is 18.2 Å². The van der Waals surface area contributed by atoms with Crippen molar-refractivity contribution in [3.63, 3.8) is 0 Å². The maximum Gasteiger partial charge on any atom is 0.0723 e. The largest absolute Gasteiger partial charge is 0.397 e. The van der Waals surface area contributed by atoms with Crippen LogP contribution in [0.25, 0.3) is 10.9 Å². The summed E-state index contributed by atoms with van der Waals surface area (Å²) in [7, 11) is 0. The van der Waals surface area contributed by atoms with E-state index < -0.39 is 0 Å². The van der Waals surface area contributed by atoms with Crippen LogP contribution in [0.5, 0.6) is 0 Å². The van der Waals surface area contributed by atoms with Crippen LogP contribution in [0.2, 0.25) is 0 Å². The fraction of sp³-hybridized carbons (Fsp3) is 0. The molecular formula is C9H7IN2. The van der Waals surface area contributed by atoms with Gasteiger partial charge in [-0.3, -0.25) is 4.98 Å². The number of aromatic nitrogens is 1. The summed E-state index contributed by atoms with van der Waals surface area (Å²) in [6.07, 6.45) is 1.79. The maximum atomic E-state index is 5.87. The van der Waals surface area contributed by atoms with Crippen molar-refractivity contribution in [2.45, 2.75) is 0 Å². The van der Waals surface area contributed by atoms with E-state index in [4.69, 9.17) is 5.73 Å². The number of benzene rings is 1. The highest BCUT2D eigenvalue weighted by Gasteiger charge is 2.00. The molecule has 0 aliphatic heterocycles. The Kier molecular flexibility index (Phi) is 1.88. The van der Waals surface area contributed by atoms with Crippen LogP contribution in [0.4, 0.5) is 5.69 Å². The monoisotopic (exact) mass is 270 g/mol. The molecule has 0 unspecified atom stereocenters. The topological polar surface area (TPSA) is 38.9 Å². The minimum absolute atomic E-state index is 0.821. The first kappa shape index (κ1) is 7.79. The molecule has 0 aliphatic rings. The van der Waals surface area contributed by atoms with Gasteiger partial charge in [0.05, 0.1) is 14.8 Å². The SMILES string of the molecule is Nc1c(I)cnc2ccccc12. The lowest BCUT2D eigenvalue weighted by atomic mass is 10.2. The third-order valence-corrected chi connectivity index (χ3v) is 2.63. The van der Waals surface area contributed by atoms with Crippen molar-refractivity contribution in [2.24, 2.45) is 0 Å². The van der Waals surface area contributed by atoms with Crippen molar-refractivity contribution in [1.29, 1.82) is 0 Å². The number of nitrogens with zero attached hydrogens (tertiary/aromatic N) is 1. The molecule has 0 aliphatic carbocycles. The van der Waals surface area contributed by atoms with Gasteiger partial charge in [-0.15, -0.1) is 0 Å². The minimum atomic E-state index is 0.821. The van der Waals surface area contributed by atoms with Crippen LogP contribution in [0, 0.1) is 3.57 Å². The molecule has 0 atom stereocenters. The van der Waals surface area contributed by atoms with E-state index in [2.05, 4.69) is 27.6 Å². The van der Waals surface area contributed by atoms with E-state index >= 15 is 0 Å². The third kappa shape index (κ3) is 1.14. The fourth-order valence-corrected chi connectivity index (χ4v) is 1.57. The lowest BCUT2D eigenvalue weighted by molar-refractivity contribution is 1.39. The Morgan fingerprint density at radius 2 is 2.00 bits per heavy atom. The summed E-state index contributed by atoms with van der Waals surface area (Å²) in [5.74, 6) is 0. The van der Waals surface area contributed by atoms with E-state index in [1.54, 1.807) is 6.20 Å². The number of anilines is 1. The molecule has 3 heteroatoms. The van der Waals surface area contributed by atoms with Crippen LogP contribution >= 0.6 is 22.6 Å². The summed E-state index contributed by atoms with van der Waals surface area (Å²) < 4.78 is 1.01. The number of nitrogen functional groups attached to an aromatic ring is 1. The second kappa shape index (κ2) is 2.90. The van der Waals surface area contributed by atoms with Gasteiger partial charge in [0.2, 0.25) is 0 Å². The van der Waals surface area contributed by atoms with Gasteiger partial charge in [0.1, 0.15) is 0 Å². The zero-order valence-corrected chi connectivity index (χ0v) is 8.45. The van der Waals surface area contributed by atoms with Crippen LogP contribution in [0.3, 0.4) is 0 Å². The van der Waals surface area contributed by atoms with E-state index in [1.807, 2.05) is 24.3 Å². The Morgan fingerprint density at radius 3 is 2.83 bits per heavy atom. The predicted octanol–water partition coefficient (Wildman–Crippen LogP) is 2.42. The number of hydrogen-bond acceptors (Lipinski definition) is 2. The van der Waals surface area contributed by atoms with E-state index in [9.17, 15) is 0 Å². The Morgan fingerprint density at radius 1 is 1.25 bits per heavy atom. The van der Waals surface area contributed by atoms with E-state index in [1.165, 1.54) is 0 Å². The Hall–Kier alpha value is -0.840. The van der Waals surface area contributed by atoms with Gasteiger partial charge in [-0.2, -0.15) is 0 Å². The number of nitrogens with two attached hydrogens (primary N) is 1. The van der Waals surface area contributed by atoms with Crippen molar-refractivity contribution in [3.8, 4) is 0 Å². The van der Waals surface area contributed by atoms with E-state index in [0.29, 0.717) is 0 Å². The number of hydrogen-bond donors (Lipinski definition) is 1. The molecule has 0 amide bonds. The second-order valence-corrected chi connectivity index (χ2v) is 3.70. The summed E-state index contributed by atoms with van der Waals surface area (Å²) in [4.78, 5) is 4.25. The normalized spacial score (nSPS) is 10.4. The van der Waals surface area contributed by atoms with Crippen LogP contribution in [0.1, 0.15) is 0 Å². The summed E-state index contributed by atoms with van der Waals surface area (Å²) in [6.45, 7) is 0. The number of halogens is 1. The molecule has 2 aromatic rings. The predicted molar refractivity (Wildman–Crippen MR) is 58.9 cm³/mol. The molecule has 0 bridgehead atoms. The van der Waals surface area contributed by atoms with Crippen LogP contribution in [-0.2, 0) is 0 Å². The van der Waals surface area contributed by atoms with Gasteiger partial charge >= 0.3 is 0 Å². The molecule has 0 saturated carbocycles. The van der Waals surface area contributed by atoms with Crippen molar-refractivity contribution in [3.05, 3.63) is 34.0 Å². The molecule has 60 valence electrons. The van der Waals surface area contributed by atoms with Crippen molar-refractivity contribution < 1.29 is 0 Å². The summed E-state index contributed by atoms with van der Waals surface area (Å²) in [6, 6.07) is 7.87. The van der Waals surface area contributed by atoms with Gasteiger partial charge in [0.25, 0.3) is 0 Å². The number of pyridine rings is 1. The summed E-state index contributed by atoms with van der Waals surface area (Å²) >= 11 is 2.18. The average molecular weight is 270 g/mol. The maximum absolute atomic E-state index is 5.87. The second-order valence-electron chi connectivity index (χ2n) is 2.54. The molecule has 2 nitrogen and oxygen atoms in total. The fourth-order valence-electron chi connectivity index (χ4n) is 1.14. The zero-order valence-electron chi connectivity index (χ0n) is 6.29. The smallest absolute Gasteiger partial charge is 0.0723 e. The van der Waals surface area contributed by atoms with Crippen molar-refractivity contribution >= 4 is 39.2 Å². The highest BCUT2D eigenvalue weighted by atomic mass is 127. The summed E-state index contributed by atoms with van der Waals surface area (Å²) in [5.41, 5.74) is 7.65. The Bertz CT molecular complexity index is 426. The van der Waals surface area contributed by atoms with Gasteiger partial charge in [0, 0.05) is 11.6 Å². The van der Waals surface area contributed by atoms with Crippen LogP contribution in [-0.4, -0.2) is 4.98 Å². The van der Waals surface area contributed by atoms with E-state index in [-0.39, 0.29) is 0 Å². The molecule has 0 spiro atoms. The van der Waals surface area contributed by atoms with E-state index in [0.717, 1.165) is 20.2 Å². The van der Waals surface area contributed by atoms with Crippen LogP contribution in [0.15, 0.2) is 30.5 Å². The lowest BCUT2D eigenvalue weighted by Crippen LogP contribution is -1.92. The first-order chi connectivity index (χ1) is 5.79. The Labute approximate surface area is 83.9 Å². The van der Waals surface area contributed by atoms with Crippen molar-refractivity contribution in [2.75, 3.05) is 5.73 Å². The number of fused-ring (bicyclic) bond motifs is 1. The number of para-hydroxylation sites is 1.